The number of hydrogen-bond donors (Lipinski definition) is 2. The summed E-state index contributed by atoms with van der Waals surface area (Å²) in [5, 5.41) is 6.90. The Bertz CT molecular complexity index is 1000. The number of nitrogen functional groups attached to an aromatic ring is 1. The van der Waals surface area contributed by atoms with Gasteiger partial charge >= 0.3 is 0 Å². The highest BCUT2D eigenvalue weighted by Crippen LogP contribution is 2.20. The second kappa shape index (κ2) is 7.92. The zero-order valence-electron chi connectivity index (χ0n) is 15.2. The molecule has 1 unspecified atom stereocenters. The quantitative estimate of drug-likeness (QED) is 0.672. The van der Waals surface area contributed by atoms with Gasteiger partial charge in [-0.1, -0.05) is 35.5 Å². The minimum absolute atomic E-state index is 0.220. The van der Waals surface area contributed by atoms with Gasteiger partial charge in [-0.05, 0) is 47.9 Å². The summed E-state index contributed by atoms with van der Waals surface area (Å²) in [6.45, 7) is 0. The summed E-state index contributed by atoms with van der Waals surface area (Å²) in [5.41, 5.74) is 11.3. The summed E-state index contributed by atoms with van der Waals surface area (Å²) in [4.78, 5) is 21.8. The molecule has 0 spiro atoms. The molecule has 0 saturated heterocycles. The van der Waals surface area contributed by atoms with Crippen LogP contribution in [0.15, 0.2) is 78.2 Å². The van der Waals surface area contributed by atoms with Crippen molar-refractivity contribution in [3.63, 3.8) is 0 Å². The van der Waals surface area contributed by atoms with E-state index in [0.29, 0.717) is 12.1 Å². The number of amides is 1. The largest absolute Gasteiger partial charge is 0.398 e. The molecule has 3 aromatic rings. The Kier molecular flexibility index (Phi) is 5.01. The summed E-state index contributed by atoms with van der Waals surface area (Å²) in [6, 6.07) is 19.3. The Labute approximate surface area is 163 Å². The number of hydrogen-bond acceptors (Lipinski definition) is 5. The molecule has 2 heterocycles. The number of nitrogens with two attached hydrogens (primary N) is 1. The van der Waals surface area contributed by atoms with E-state index in [1.165, 1.54) is 0 Å². The number of carbonyl (C=O) groups excluding carboxylic acids is 1. The molecule has 1 amide bonds. The van der Waals surface area contributed by atoms with E-state index in [0.717, 1.165) is 34.5 Å². The Morgan fingerprint density at radius 2 is 1.93 bits per heavy atom. The molecule has 4 rings (SSSR count). The first kappa shape index (κ1) is 17.7. The third-order valence-corrected chi connectivity index (χ3v) is 4.63. The van der Waals surface area contributed by atoms with Crippen molar-refractivity contribution in [3.05, 3.63) is 89.7 Å². The van der Waals surface area contributed by atoms with Crippen LogP contribution in [0.1, 0.15) is 23.1 Å². The van der Waals surface area contributed by atoms with E-state index in [1.54, 1.807) is 12.4 Å². The van der Waals surface area contributed by atoms with Gasteiger partial charge in [0, 0.05) is 35.8 Å². The molecule has 28 heavy (non-hydrogen) atoms. The van der Waals surface area contributed by atoms with Gasteiger partial charge in [0.15, 0.2) is 0 Å². The number of carbonyl (C=O) groups is 1. The Morgan fingerprint density at radius 1 is 1.11 bits per heavy atom. The fraction of sp³-hybridized carbons (Fsp3) is 0.136. The monoisotopic (exact) mass is 372 g/mol. The lowest BCUT2D eigenvalue weighted by atomic mass is 10.0. The van der Waals surface area contributed by atoms with Crippen molar-refractivity contribution in [3.8, 4) is 0 Å². The summed E-state index contributed by atoms with van der Waals surface area (Å²) < 4.78 is 0. The van der Waals surface area contributed by atoms with Crippen molar-refractivity contribution < 1.29 is 9.63 Å². The molecule has 140 valence electrons. The maximum atomic E-state index is 12.5. The predicted octanol–water partition coefficient (Wildman–Crippen LogP) is 3.39. The normalized spacial score (nSPS) is 15.6. The lowest BCUT2D eigenvalue weighted by Crippen LogP contribution is -2.28. The minimum Gasteiger partial charge on any atom is -0.398 e. The highest BCUT2D eigenvalue weighted by Gasteiger charge is 2.29. The van der Waals surface area contributed by atoms with Crippen molar-refractivity contribution in [1.82, 2.24) is 4.98 Å². The lowest BCUT2D eigenvalue weighted by molar-refractivity contribution is -0.125. The Hall–Kier alpha value is -3.67. The lowest BCUT2D eigenvalue weighted by Gasteiger charge is -2.10. The number of pyridine rings is 1. The average molecular weight is 372 g/mol. The molecule has 1 aromatic heterocycles. The first-order chi connectivity index (χ1) is 13.7. The van der Waals surface area contributed by atoms with Gasteiger partial charge in [-0.25, -0.2) is 0 Å². The number of nitrogens with zero attached hydrogens (tertiary/aromatic N) is 2. The fourth-order valence-electron chi connectivity index (χ4n) is 3.07. The fourth-order valence-corrected chi connectivity index (χ4v) is 3.07. The zero-order chi connectivity index (χ0) is 19.3. The molecule has 1 aliphatic heterocycles. The second-order valence-electron chi connectivity index (χ2n) is 6.64. The molecule has 6 nitrogen and oxygen atoms in total. The summed E-state index contributed by atoms with van der Waals surface area (Å²) >= 11 is 0. The number of rotatable bonds is 5. The van der Waals surface area contributed by atoms with Crippen LogP contribution in [0.25, 0.3) is 0 Å². The summed E-state index contributed by atoms with van der Waals surface area (Å²) in [7, 11) is 0. The predicted molar refractivity (Wildman–Crippen MR) is 109 cm³/mol. The third-order valence-electron chi connectivity index (χ3n) is 4.63. The molecule has 0 radical (unpaired) electrons. The molecule has 6 heteroatoms. The van der Waals surface area contributed by atoms with Crippen LogP contribution in [0.4, 0.5) is 11.4 Å². The van der Waals surface area contributed by atoms with Crippen LogP contribution in [0.2, 0.25) is 0 Å². The molecule has 1 aliphatic rings. The average Bonchev–Trinajstić information content (AvgIpc) is 3.22. The SMILES string of the molecule is Nc1ccccc1Cc1ccc(NC(=O)C2CC(c3cccnc3)=NO2)cc1. The number of nitrogens with one attached hydrogen (secondary N) is 1. The summed E-state index contributed by atoms with van der Waals surface area (Å²) in [5.74, 6) is -0.220. The van der Waals surface area contributed by atoms with Gasteiger partial charge in [0.1, 0.15) is 0 Å². The standard InChI is InChI=1S/C22H20N4O2/c23-19-6-2-1-4-16(19)12-15-7-9-18(10-8-15)25-22(27)21-13-20(26-28-21)17-5-3-11-24-14-17/h1-11,14,21H,12-13,23H2,(H,25,27). The minimum atomic E-state index is -0.640. The molecule has 0 saturated carbocycles. The topological polar surface area (TPSA) is 89.6 Å². The van der Waals surface area contributed by atoms with Crippen LogP contribution in [0.3, 0.4) is 0 Å². The van der Waals surface area contributed by atoms with Gasteiger partial charge in [-0.15, -0.1) is 0 Å². The van der Waals surface area contributed by atoms with Crippen molar-refractivity contribution >= 4 is 23.0 Å². The highest BCUT2D eigenvalue weighted by atomic mass is 16.6. The molecule has 0 bridgehead atoms. The number of aromatic nitrogens is 1. The van der Waals surface area contributed by atoms with E-state index in [4.69, 9.17) is 10.6 Å². The van der Waals surface area contributed by atoms with E-state index < -0.39 is 6.10 Å². The van der Waals surface area contributed by atoms with E-state index in [1.807, 2.05) is 60.7 Å². The molecule has 2 aromatic carbocycles. The van der Waals surface area contributed by atoms with Crippen LogP contribution in [-0.4, -0.2) is 22.7 Å². The van der Waals surface area contributed by atoms with Crippen LogP contribution in [-0.2, 0) is 16.1 Å². The molecule has 3 N–H and O–H groups in total. The summed E-state index contributed by atoms with van der Waals surface area (Å²) in [6.07, 6.45) is 3.93. The number of anilines is 2. The van der Waals surface area contributed by atoms with E-state index in [-0.39, 0.29) is 5.91 Å². The molecule has 1 atom stereocenters. The Morgan fingerprint density at radius 3 is 2.68 bits per heavy atom. The number of oxime groups is 1. The van der Waals surface area contributed by atoms with Gasteiger partial charge in [-0.2, -0.15) is 0 Å². The Balaban J connectivity index is 1.35. The molecular weight excluding hydrogens is 352 g/mol. The van der Waals surface area contributed by atoms with Crippen LogP contribution >= 0.6 is 0 Å². The first-order valence-corrected chi connectivity index (χ1v) is 9.05. The van der Waals surface area contributed by atoms with Crippen molar-refractivity contribution in [2.45, 2.75) is 18.9 Å². The second-order valence-corrected chi connectivity index (χ2v) is 6.64. The third kappa shape index (κ3) is 4.01. The maximum Gasteiger partial charge on any atom is 0.268 e. The molecule has 0 aliphatic carbocycles. The number of benzene rings is 2. The number of para-hydroxylation sites is 1. The smallest absolute Gasteiger partial charge is 0.268 e. The van der Waals surface area contributed by atoms with Crippen LogP contribution < -0.4 is 11.1 Å². The van der Waals surface area contributed by atoms with Gasteiger partial charge in [0.05, 0.1) is 5.71 Å². The van der Waals surface area contributed by atoms with E-state index in [9.17, 15) is 4.79 Å². The van der Waals surface area contributed by atoms with Crippen LogP contribution in [0, 0.1) is 0 Å². The highest BCUT2D eigenvalue weighted by molar-refractivity contribution is 6.05. The maximum absolute atomic E-state index is 12.5. The van der Waals surface area contributed by atoms with Gasteiger partial charge in [0.2, 0.25) is 6.10 Å². The first-order valence-electron chi connectivity index (χ1n) is 9.05. The zero-order valence-corrected chi connectivity index (χ0v) is 15.2. The van der Waals surface area contributed by atoms with E-state index in [2.05, 4.69) is 15.5 Å². The molecule has 0 fully saturated rings. The van der Waals surface area contributed by atoms with Gasteiger partial charge in [0.25, 0.3) is 5.91 Å². The van der Waals surface area contributed by atoms with E-state index >= 15 is 0 Å². The van der Waals surface area contributed by atoms with Gasteiger partial charge < -0.3 is 15.9 Å². The van der Waals surface area contributed by atoms with Gasteiger partial charge in [-0.3, -0.25) is 9.78 Å². The van der Waals surface area contributed by atoms with Crippen molar-refractivity contribution in [2.24, 2.45) is 5.16 Å². The van der Waals surface area contributed by atoms with Crippen LogP contribution in [0.5, 0.6) is 0 Å². The van der Waals surface area contributed by atoms with Crippen molar-refractivity contribution in [1.29, 1.82) is 0 Å². The van der Waals surface area contributed by atoms with Crippen molar-refractivity contribution in [2.75, 3.05) is 11.1 Å². The molecular formula is C22H20N4O2.